The number of carbonyl (C=O) groups excluding carboxylic acids is 2. The first kappa shape index (κ1) is 22.1. The number of aryl methyl sites for hydroxylation is 1. The number of esters is 2. The van der Waals surface area contributed by atoms with Crippen LogP contribution in [0.4, 0.5) is 5.69 Å². The fraction of sp³-hybridized carbons (Fsp3) is 0.174. The first-order valence-corrected chi connectivity index (χ1v) is 10.1. The van der Waals surface area contributed by atoms with Crippen LogP contribution >= 0.6 is 15.9 Å². The van der Waals surface area contributed by atoms with E-state index in [1.807, 2.05) is 25.1 Å². The van der Waals surface area contributed by atoms with Crippen molar-refractivity contribution in [1.82, 2.24) is 0 Å². The van der Waals surface area contributed by atoms with Gasteiger partial charge in [0.1, 0.15) is 11.5 Å². The van der Waals surface area contributed by atoms with Crippen molar-refractivity contribution in [2.75, 3.05) is 19.1 Å². The predicted molar refractivity (Wildman–Crippen MR) is 118 cm³/mol. The Balaban J connectivity index is 2.47. The zero-order valence-corrected chi connectivity index (χ0v) is 18.8. The van der Waals surface area contributed by atoms with Crippen molar-refractivity contribution in [3.8, 4) is 6.07 Å². The standard InChI is InChI=1S/C23H20BrN3O4/c1-13-8-7-11-16(24)19(13)27-20(23(29)31-3)18(22(28)30-2)17(15(12-25)21(27)26)14-9-5-4-6-10-14/h4-11,17H,26H2,1-3H3. The summed E-state index contributed by atoms with van der Waals surface area (Å²) in [5.74, 6) is -2.41. The number of benzene rings is 2. The molecule has 0 saturated carbocycles. The minimum absolute atomic E-state index is 0.0264. The van der Waals surface area contributed by atoms with E-state index in [1.54, 1.807) is 30.3 Å². The highest BCUT2D eigenvalue weighted by Crippen LogP contribution is 2.45. The van der Waals surface area contributed by atoms with Crippen molar-refractivity contribution in [3.05, 3.63) is 86.8 Å². The van der Waals surface area contributed by atoms with Crippen LogP contribution in [0.25, 0.3) is 0 Å². The van der Waals surface area contributed by atoms with Crippen LogP contribution in [0.15, 0.2) is 75.7 Å². The van der Waals surface area contributed by atoms with Gasteiger partial charge in [0.05, 0.1) is 43.0 Å². The van der Waals surface area contributed by atoms with E-state index in [-0.39, 0.29) is 22.7 Å². The molecule has 0 amide bonds. The number of hydrogen-bond donors (Lipinski definition) is 1. The molecule has 31 heavy (non-hydrogen) atoms. The van der Waals surface area contributed by atoms with E-state index in [2.05, 4.69) is 22.0 Å². The molecule has 2 aromatic carbocycles. The Morgan fingerprint density at radius 2 is 1.71 bits per heavy atom. The highest BCUT2D eigenvalue weighted by molar-refractivity contribution is 9.10. The molecule has 0 saturated heterocycles. The Morgan fingerprint density at radius 1 is 1.06 bits per heavy atom. The van der Waals surface area contributed by atoms with Crippen molar-refractivity contribution >= 4 is 33.6 Å². The fourth-order valence-electron chi connectivity index (χ4n) is 3.65. The summed E-state index contributed by atoms with van der Waals surface area (Å²) in [6.07, 6.45) is 0. The minimum atomic E-state index is -0.896. The van der Waals surface area contributed by atoms with Crippen LogP contribution in [-0.2, 0) is 19.1 Å². The molecule has 3 rings (SSSR count). The van der Waals surface area contributed by atoms with Crippen molar-refractivity contribution in [1.29, 1.82) is 5.26 Å². The maximum absolute atomic E-state index is 13.0. The van der Waals surface area contributed by atoms with Crippen LogP contribution in [0.1, 0.15) is 17.0 Å². The third-order valence-electron chi connectivity index (χ3n) is 5.02. The number of methoxy groups -OCH3 is 2. The van der Waals surface area contributed by atoms with E-state index in [4.69, 9.17) is 15.2 Å². The molecule has 0 aliphatic carbocycles. The normalized spacial score (nSPS) is 16.1. The van der Waals surface area contributed by atoms with E-state index in [0.29, 0.717) is 15.7 Å². The number of carbonyl (C=O) groups is 2. The lowest BCUT2D eigenvalue weighted by molar-refractivity contribution is -0.139. The molecular formula is C23H20BrN3O4. The average molecular weight is 482 g/mol. The van der Waals surface area contributed by atoms with Gasteiger partial charge in [-0.2, -0.15) is 5.26 Å². The third-order valence-corrected chi connectivity index (χ3v) is 5.66. The maximum atomic E-state index is 13.0. The van der Waals surface area contributed by atoms with Gasteiger partial charge in [-0.1, -0.05) is 42.5 Å². The molecule has 1 atom stereocenters. The Morgan fingerprint density at radius 3 is 2.26 bits per heavy atom. The Hall–Kier alpha value is -3.57. The second-order valence-corrected chi connectivity index (χ2v) is 7.59. The Bertz CT molecular complexity index is 1130. The molecule has 0 spiro atoms. The monoisotopic (exact) mass is 481 g/mol. The van der Waals surface area contributed by atoms with Crippen LogP contribution in [0.3, 0.4) is 0 Å². The molecule has 2 aromatic rings. The van der Waals surface area contributed by atoms with E-state index < -0.39 is 17.9 Å². The predicted octanol–water partition coefficient (Wildman–Crippen LogP) is 3.66. The summed E-state index contributed by atoms with van der Waals surface area (Å²) in [4.78, 5) is 27.4. The van der Waals surface area contributed by atoms with Gasteiger partial charge in [-0.15, -0.1) is 0 Å². The number of nitrogens with two attached hydrogens (primary N) is 1. The SMILES string of the molecule is COC(=O)C1=C(C(=O)OC)N(c2c(C)cccc2Br)C(N)=C(C#N)C1c1ccccc1. The van der Waals surface area contributed by atoms with Crippen LogP contribution in [0.5, 0.6) is 0 Å². The first-order chi connectivity index (χ1) is 14.9. The summed E-state index contributed by atoms with van der Waals surface area (Å²) >= 11 is 3.49. The molecule has 0 radical (unpaired) electrons. The number of nitrogens with zero attached hydrogens (tertiary/aromatic N) is 2. The van der Waals surface area contributed by atoms with E-state index in [1.165, 1.54) is 19.1 Å². The molecular weight excluding hydrogens is 462 g/mol. The van der Waals surface area contributed by atoms with Crippen molar-refractivity contribution < 1.29 is 19.1 Å². The Labute approximate surface area is 188 Å². The minimum Gasteiger partial charge on any atom is -0.466 e. The molecule has 1 aliphatic rings. The molecule has 0 fully saturated rings. The highest BCUT2D eigenvalue weighted by atomic mass is 79.9. The molecule has 0 aromatic heterocycles. The molecule has 1 unspecified atom stereocenters. The van der Waals surface area contributed by atoms with Crippen molar-refractivity contribution in [2.45, 2.75) is 12.8 Å². The van der Waals surface area contributed by atoms with Gasteiger partial charge in [0.2, 0.25) is 0 Å². The number of nitriles is 1. The summed E-state index contributed by atoms with van der Waals surface area (Å²) in [5, 5.41) is 10.0. The average Bonchev–Trinajstić information content (AvgIpc) is 2.78. The molecule has 1 heterocycles. The number of hydrogen-bond acceptors (Lipinski definition) is 7. The molecule has 0 bridgehead atoms. The maximum Gasteiger partial charge on any atom is 0.355 e. The van der Waals surface area contributed by atoms with E-state index in [0.717, 1.165) is 5.56 Å². The van der Waals surface area contributed by atoms with Crippen molar-refractivity contribution in [2.24, 2.45) is 5.73 Å². The largest absolute Gasteiger partial charge is 0.466 e. The summed E-state index contributed by atoms with van der Waals surface area (Å²) in [6.45, 7) is 1.83. The second-order valence-electron chi connectivity index (χ2n) is 6.74. The van der Waals surface area contributed by atoms with Gasteiger partial charge in [0.15, 0.2) is 0 Å². The Kier molecular flexibility index (Phi) is 6.47. The molecule has 7 nitrogen and oxygen atoms in total. The highest BCUT2D eigenvalue weighted by Gasteiger charge is 2.43. The zero-order chi connectivity index (χ0) is 22.7. The lowest BCUT2D eigenvalue weighted by Gasteiger charge is -2.37. The number of para-hydroxylation sites is 1. The number of halogens is 1. The van der Waals surface area contributed by atoms with Gasteiger partial charge in [0.25, 0.3) is 0 Å². The smallest absolute Gasteiger partial charge is 0.355 e. The van der Waals surface area contributed by atoms with Crippen LogP contribution in [0.2, 0.25) is 0 Å². The topological polar surface area (TPSA) is 106 Å². The number of ether oxygens (including phenoxy) is 2. The summed E-state index contributed by atoms with van der Waals surface area (Å²) in [6, 6.07) is 16.4. The third kappa shape index (κ3) is 3.80. The van der Waals surface area contributed by atoms with Crippen molar-refractivity contribution in [3.63, 3.8) is 0 Å². The fourth-order valence-corrected chi connectivity index (χ4v) is 4.29. The first-order valence-electron chi connectivity index (χ1n) is 9.28. The zero-order valence-electron chi connectivity index (χ0n) is 17.2. The van der Waals surface area contributed by atoms with Gasteiger partial charge >= 0.3 is 11.9 Å². The van der Waals surface area contributed by atoms with Crippen LogP contribution in [-0.4, -0.2) is 26.2 Å². The van der Waals surface area contributed by atoms with Gasteiger partial charge in [-0.25, -0.2) is 9.59 Å². The van der Waals surface area contributed by atoms with Gasteiger partial charge in [0, 0.05) is 4.47 Å². The second kappa shape index (κ2) is 9.06. The lowest BCUT2D eigenvalue weighted by Crippen LogP contribution is -2.41. The number of rotatable bonds is 4. The van der Waals surface area contributed by atoms with Crippen LogP contribution < -0.4 is 10.6 Å². The molecule has 158 valence electrons. The quantitative estimate of drug-likeness (QED) is 0.664. The van der Waals surface area contributed by atoms with Gasteiger partial charge in [-0.05, 0) is 40.0 Å². The number of anilines is 1. The number of allylic oxidation sites excluding steroid dienone is 1. The van der Waals surface area contributed by atoms with E-state index >= 15 is 0 Å². The molecule has 1 aliphatic heterocycles. The summed E-state index contributed by atoms with van der Waals surface area (Å²) in [5.41, 5.74) is 8.37. The summed E-state index contributed by atoms with van der Waals surface area (Å²) < 4.78 is 10.7. The van der Waals surface area contributed by atoms with Gasteiger partial charge in [-0.3, -0.25) is 4.90 Å². The summed E-state index contributed by atoms with van der Waals surface area (Å²) in [7, 11) is 2.43. The van der Waals surface area contributed by atoms with Gasteiger partial charge < -0.3 is 15.2 Å². The van der Waals surface area contributed by atoms with E-state index in [9.17, 15) is 14.9 Å². The lowest BCUT2D eigenvalue weighted by atomic mass is 9.81. The molecule has 8 heteroatoms. The molecule has 2 N–H and O–H groups in total. The van der Waals surface area contributed by atoms with Crippen LogP contribution in [0, 0.1) is 18.3 Å².